The quantitative estimate of drug-likeness (QED) is 0.454. The number of hydrogen-bond acceptors (Lipinski definition) is 7. The van der Waals surface area contributed by atoms with E-state index < -0.39 is 4.92 Å². The largest absolute Gasteiger partial charge is 0.378 e. The van der Waals surface area contributed by atoms with E-state index in [0.29, 0.717) is 30.4 Å². The van der Waals surface area contributed by atoms with E-state index in [-0.39, 0.29) is 5.00 Å². The maximum Gasteiger partial charge on any atom is 0.345 e. The maximum atomic E-state index is 10.5. The van der Waals surface area contributed by atoms with Crippen LogP contribution in [0.25, 0.3) is 0 Å². The Morgan fingerprint density at radius 2 is 2.25 bits per heavy atom. The fourth-order valence-corrected chi connectivity index (χ4v) is 2.86. The Hall–Kier alpha value is -1.25. The summed E-state index contributed by atoms with van der Waals surface area (Å²) in [5.74, 6) is 0. The topological polar surface area (TPSA) is 103 Å². The van der Waals surface area contributed by atoms with E-state index in [4.69, 9.17) is 10.5 Å². The van der Waals surface area contributed by atoms with Crippen LogP contribution in [0.5, 0.6) is 0 Å². The SMILES string of the molecule is NC1CCC(OCCCNc2ncc([N+](=O)[O-])s2)CC1. The molecule has 3 N–H and O–H groups in total. The van der Waals surface area contributed by atoms with Gasteiger partial charge in [-0.05, 0) is 43.4 Å². The third-order valence-corrected chi connectivity index (χ3v) is 4.25. The van der Waals surface area contributed by atoms with Crippen molar-refractivity contribution in [2.75, 3.05) is 18.5 Å². The van der Waals surface area contributed by atoms with Crippen LogP contribution >= 0.6 is 11.3 Å². The van der Waals surface area contributed by atoms with Crippen molar-refractivity contribution in [3.05, 3.63) is 16.3 Å². The monoisotopic (exact) mass is 300 g/mol. The van der Waals surface area contributed by atoms with Crippen molar-refractivity contribution >= 4 is 21.5 Å². The molecule has 0 aromatic carbocycles. The summed E-state index contributed by atoms with van der Waals surface area (Å²) in [5, 5.41) is 14.2. The minimum Gasteiger partial charge on any atom is -0.378 e. The van der Waals surface area contributed by atoms with E-state index in [0.717, 1.165) is 43.4 Å². The third-order valence-electron chi connectivity index (χ3n) is 3.34. The van der Waals surface area contributed by atoms with Crippen molar-refractivity contribution in [1.29, 1.82) is 0 Å². The fourth-order valence-electron chi connectivity index (χ4n) is 2.20. The highest BCUT2D eigenvalue weighted by molar-refractivity contribution is 7.18. The minimum absolute atomic E-state index is 0.0577. The molecule has 2 rings (SSSR count). The summed E-state index contributed by atoms with van der Waals surface area (Å²) >= 11 is 1.05. The van der Waals surface area contributed by atoms with Gasteiger partial charge in [-0.2, -0.15) is 0 Å². The number of hydrogen-bond donors (Lipinski definition) is 2. The van der Waals surface area contributed by atoms with Gasteiger partial charge in [-0.15, -0.1) is 0 Å². The minimum atomic E-state index is -0.431. The normalized spacial score (nSPS) is 22.6. The van der Waals surface area contributed by atoms with Crippen molar-refractivity contribution in [3.63, 3.8) is 0 Å². The number of nitrogens with one attached hydrogen (secondary N) is 1. The average molecular weight is 300 g/mol. The zero-order chi connectivity index (χ0) is 14.4. The molecule has 1 aromatic heterocycles. The van der Waals surface area contributed by atoms with Crippen LogP contribution in [-0.4, -0.2) is 35.2 Å². The summed E-state index contributed by atoms with van der Waals surface area (Å²) in [6.07, 6.45) is 6.67. The van der Waals surface area contributed by atoms with Gasteiger partial charge in [0.25, 0.3) is 0 Å². The first-order valence-electron chi connectivity index (χ1n) is 6.86. The van der Waals surface area contributed by atoms with Crippen LogP contribution in [0.2, 0.25) is 0 Å². The first kappa shape index (κ1) is 15.1. The molecule has 1 saturated carbocycles. The van der Waals surface area contributed by atoms with E-state index in [1.807, 2.05) is 0 Å². The fraction of sp³-hybridized carbons (Fsp3) is 0.750. The lowest BCUT2D eigenvalue weighted by molar-refractivity contribution is -0.380. The van der Waals surface area contributed by atoms with Gasteiger partial charge in [-0.25, -0.2) is 4.98 Å². The Balaban J connectivity index is 1.56. The molecule has 1 aliphatic rings. The summed E-state index contributed by atoms with van der Waals surface area (Å²) in [4.78, 5) is 14.0. The van der Waals surface area contributed by atoms with Crippen LogP contribution in [0.3, 0.4) is 0 Å². The van der Waals surface area contributed by atoms with Gasteiger partial charge < -0.3 is 15.8 Å². The zero-order valence-corrected chi connectivity index (χ0v) is 12.1. The average Bonchev–Trinajstić information content (AvgIpc) is 2.89. The third kappa shape index (κ3) is 4.69. The Labute approximate surface area is 121 Å². The smallest absolute Gasteiger partial charge is 0.345 e. The van der Waals surface area contributed by atoms with Crippen molar-refractivity contribution in [1.82, 2.24) is 4.98 Å². The molecule has 1 aliphatic carbocycles. The van der Waals surface area contributed by atoms with Gasteiger partial charge in [-0.3, -0.25) is 10.1 Å². The zero-order valence-electron chi connectivity index (χ0n) is 11.3. The van der Waals surface area contributed by atoms with Crippen LogP contribution in [0.1, 0.15) is 32.1 Å². The van der Waals surface area contributed by atoms with Crippen LogP contribution < -0.4 is 11.1 Å². The predicted octanol–water partition coefficient (Wildman–Crippen LogP) is 2.14. The second kappa shape index (κ2) is 7.51. The number of nitrogens with two attached hydrogens (primary N) is 1. The maximum absolute atomic E-state index is 10.5. The van der Waals surface area contributed by atoms with E-state index in [1.54, 1.807) is 0 Å². The number of nitrogens with zero attached hydrogens (tertiary/aromatic N) is 2. The van der Waals surface area contributed by atoms with E-state index in [1.165, 1.54) is 6.20 Å². The Morgan fingerprint density at radius 3 is 2.90 bits per heavy atom. The van der Waals surface area contributed by atoms with Gasteiger partial charge in [0.1, 0.15) is 6.20 Å². The van der Waals surface area contributed by atoms with Crippen molar-refractivity contribution < 1.29 is 9.66 Å². The first-order chi connectivity index (χ1) is 9.65. The van der Waals surface area contributed by atoms with E-state index in [2.05, 4.69) is 10.3 Å². The molecule has 1 aromatic rings. The van der Waals surface area contributed by atoms with Gasteiger partial charge >= 0.3 is 5.00 Å². The van der Waals surface area contributed by atoms with Gasteiger partial charge in [-0.1, -0.05) is 0 Å². The standard InChI is InChI=1S/C12H20N4O3S/c13-9-2-4-10(5-3-9)19-7-1-6-14-12-15-8-11(20-12)16(17)18/h8-10H,1-7,13H2,(H,14,15). The van der Waals surface area contributed by atoms with E-state index in [9.17, 15) is 10.1 Å². The van der Waals surface area contributed by atoms with Crippen LogP contribution in [0.15, 0.2) is 6.20 Å². The molecule has 20 heavy (non-hydrogen) atoms. The molecule has 0 unspecified atom stereocenters. The molecule has 0 atom stereocenters. The first-order valence-corrected chi connectivity index (χ1v) is 7.68. The number of nitro groups is 1. The molecule has 112 valence electrons. The van der Waals surface area contributed by atoms with E-state index >= 15 is 0 Å². The van der Waals surface area contributed by atoms with Crippen LogP contribution in [-0.2, 0) is 4.74 Å². The predicted molar refractivity (Wildman–Crippen MR) is 78.1 cm³/mol. The highest BCUT2D eigenvalue weighted by Gasteiger charge is 2.18. The number of ether oxygens (including phenoxy) is 1. The number of rotatable bonds is 7. The van der Waals surface area contributed by atoms with Gasteiger partial charge in [0, 0.05) is 19.2 Å². The molecule has 7 nitrogen and oxygen atoms in total. The molecule has 1 heterocycles. The molecule has 0 bridgehead atoms. The number of thiazole rings is 1. The summed E-state index contributed by atoms with van der Waals surface area (Å²) in [5.41, 5.74) is 5.84. The number of aromatic nitrogens is 1. The lowest BCUT2D eigenvalue weighted by Gasteiger charge is -2.26. The molecule has 8 heteroatoms. The Bertz CT molecular complexity index is 432. The second-order valence-electron chi connectivity index (χ2n) is 4.95. The molecule has 0 saturated heterocycles. The highest BCUT2D eigenvalue weighted by atomic mass is 32.1. The molecule has 0 amide bonds. The molecule has 0 radical (unpaired) electrons. The van der Waals surface area contributed by atoms with Gasteiger partial charge in [0.15, 0.2) is 5.13 Å². The highest BCUT2D eigenvalue weighted by Crippen LogP contribution is 2.24. The molecular weight excluding hydrogens is 280 g/mol. The molecule has 0 spiro atoms. The summed E-state index contributed by atoms with van der Waals surface area (Å²) in [6.45, 7) is 1.40. The second-order valence-corrected chi connectivity index (χ2v) is 5.96. The Morgan fingerprint density at radius 1 is 1.50 bits per heavy atom. The van der Waals surface area contributed by atoms with Crippen LogP contribution in [0, 0.1) is 10.1 Å². The van der Waals surface area contributed by atoms with Crippen molar-refractivity contribution in [2.24, 2.45) is 5.73 Å². The van der Waals surface area contributed by atoms with Crippen molar-refractivity contribution in [3.8, 4) is 0 Å². The van der Waals surface area contributed by atoms with Crippen LogP contribution in [0.4, 0.5) is 10.1 Å². The van der Waals surface area contributed by atoms with Crippen molar-refractivity contribution in [2.45, 2.75) is 44.2 Å². The summed E-state index contributed by atoms with van der Waals surface area (Å²) in [7, 11) is 0. The number of anilines is 1. The van der Waals surface area contributed by atoms with Gasteiger partial charge in [0.2, 0.25) is 0 Å². The lowest BCUT2D eigenvalue weighted by atomic mass is 9.94. The summed E-state index contributed by atoms with van der Waals surface area (Å²) < 4.78 is 5.79. The Kier molecular flexibility index (Phi) is 5.69. The lowest BCUT2D eigenvalue weighted by Crippen LogP contribution is -2.30. The molecular formula is C12H20N4O3S. The van der Waals surface area contributed by atoms with Gasteiger partial charge in [0.05, 0.1) is 11.0 Å². The molecule has 1 fully saturated rings. The molecule has 0 aliphatic heterocycles. The summed E-state index contributed by atoms with van der Waals surface area (Å²) in [6, 6.07) is 0.345.